The highest BCUT2D eigenvalue weighted by Crippen LogP contribution is 2.35. The summed E-state index contributed by atoms with van der Waals surface area (Å²) in [5.41, 5.74) is 2.17. The van der Waals surface area contributed by atoms with E-state index in [0.29, 0.717) is 18.2 Å². The standard InChI is InChI=1S/C28H26F3N3O3/c1-16(27(36)33-25(35)12-17-10-21(30)14-22(31)11-17)32-26-23(18-6-4-3-5-7-18)13-19-8-9-20(29)15-24(19)34(2)28(26)37/h3-11,14-16,23,26,32H,12-13H2,1-2H3,(H,33,35,36)/t16-,23+,26-/m0/s1. The molecule has 0 fully saturated rings. The second kappa shape index (κ2) is 11.0. The molecule has 0 unspecified atom stereocenters. The van der Waals surface area contributed by atoms with Crippen LogP contribution in [-0.2, 0) is 27.2 Å². The maximum Gasteiger partial charge on any atom is 0.244 e. The molecule has 2 N–H and O–H groups in total. The van der Waals surface area contributed by atoms with E-state index in [0.717, 1.165) is 23.3 Å². The van der Waals surface area contributed by atoms with E-state index in [1.807, 2.05) is 30.3 Å². The predicted molar refractivity (Wildman–Crippen MR) is 132 cm³/mol. The van der Waals surface area contributed by atoms with Gasteiger partial charge in [0.05, 0.1) is 18.5 Å². The molecule has 1 aliphatic rings. The van der Waals surface area contributed by atoms with Crippen LogP contribution in [0.1, 0.15) is 29.5 Å². The van der Waals surface area contributed by atoms with Crippen molar-refractivity contribution in [3.05, 3.63) is 101 Å². The number of likely N-dealkylation sites (N-methyl/N-ethyl adjacent to an activating group) is 1. The van der Waals surface area contributed by atoms with Gasteiger partial charge in [-0.2, -0.15) is 0 Å². The number of imide groups is 1. The number of carbonyl (C=O) groups is 3. The molecule has 3 aromatic rings. The molecule has 0 aromatic heterocycles. The Morgan fingerprint density at radius 2 is 1.65 bits per heavy atom. The number of hydrogen-bond acceptors (Lipinski definition) is 4. The molecular weight excluding hydrogens is 483 g/mol. The molecule has 6 nitrogen and oxygen atoms in total. The molecule has 192 valence electrons. The molecule has 0 radical (unpaired) electrons. The van der Waals surface area contributed by atoms with Gasteiger partial charge in [-0.05, 0) is 54.3 Å². The zero-order chi connectivity index (χ0) is 26.7. The minimum absolute atomic E-state index is 0.0816. The van der Waals surface area contributed by atoms with Crippen LogP contribution in [-0.4, -0.2) is 36.9 Å². The monoisotopic (exact) mass is 509 g/mol. The van der Waals surface area contributed by atoms with Crippen molar-refractivity contribution >= 4 is 23.4 Å². The van der Waals surface area contributed by atoms with Crippen molar-refractivity contribution in [3.8, 4) is 0 Å². The molecule has 0 saturated carbocycles. The Morgan fingerprint density at radius 3 is 2.32 bits per heavy atom. The largest absolute Gasteiger partial charge is 0.314 e. The lowest BCUT2D eigenvalue weighted by Gasteiger charge is -2.29. The summed E-state index contributed by atoms with van der Waals surface area (Å²) < 4.78 is 40.8. The number of hydrogen-bond donors (Lipinski definition) is 2. The maximum absolute atomic E-state index is 14.0. The number of rotatable bonds is 6. The Balaban J connectivity index is 1.54. The van der Waals surface area contributed by atoms with E-state index in [2.05, 4.69) is 10.6 Å². The Hall–Kier alpha value is -3.98. The topological polar surface area (TPSA) is 78.5 Å². The van der Waals surface area contributed by atoms with E-state index >= 15 is 0 Å². The van der Waals surface area contributed by atoms with Gasteiger partial charge in [-0.15, -0.1) is 0 Å². The summed E-state index contributed by atoms with van der Waals surface area (Å²) in [4.78, 5) is 40.1. The van der Waals surface area contributed by atoms with Gasteiger partial charge in [0.25, 0.3) is 0 Å². The SMILES string of the molecule is C[C@H](N[C@@H]1C(=O)N(C)c2cc(F)ccc2C[C@@H]1c1ccccc1)C(=O)NC(=O)Cc1cc(F)cc(F)c1. The Bertz CT molecular complexity index is 1310. The van der Waals surface area contributed by atoms with E-state index in [1.165, 1.54) is 24.0 Å². The number of nitrogens with zero attached hydrogens (tertiary/aromatic N) is 1. The minimum Gasteiger partial charge on any atom is -0.314 e. The van der Waals surface area contributed by atoms with Crippen molar-refractivity contribution in [3.63, 3.8) is 0 Å². The van der Waals surface area contributed by atoms with Crippen molar-refractivity contribution < 1.29 is 27.6 Å². The lowest BCUT2D eigenvalue weighted by atomic mass is 9.86. The lowest BCUT2D eigenvalue weighted by molar-refractivity contribution is -0.131. The Labute approximate surface area is 212 Å². The van der Waals surface area contributed by atoms with Crippen LogP contribution in [0.2, 0.25) is 0 Å². The van der Waals surface area contributed by atoms with Crippen molar-refractivity contribution in [2.45, 2.75) is 37.8 Å². The van der Waals surface area contributed by atoms with Crippen LogP contribution in [0.5, 0.6) is 0 Å². The molecule has 3 amide bonds. The Kier molecular flexibility index (Phi) is 7.73. The van der Waals surface area contributed by atoms with Gasteiger partial charge >= 0.3 is 0 Å². The summed E-state index contributed by atoms with van der Waals surface area (Å²) >= 11 is 0. The molecule has 0 bridgehead atoms. The summed E-state index contributed by atoms with van der Waals surface area (Å²) in [6.45, 7) is 1.51. The van der Waals surface area contributed by atoms with Crippen LogP contribution in [0.4, 0.5) is 18.9 Å². The van der Waals surface area contributed by atoms with Crippen LogP contribution < -0.4 is 15.5 Å². The normalized spacial score (nSPS) is 18.1. The number of nitrogens with one attached hydrogen (secondary N) is 2. The fraction of sp³-hybridized carbons (Fsp3) is 0.250. The second-order valence-corrected chi connectivity index (χ2v) is 9.12. The van der Waals surface area contributed by atoms with Gasteiger partial charge in [0, 0.05) is 24.7 Å². The van der Waals surface area contributed by atoms with Crippen LogP contribution in [0.25, 0.3) is 0 Å². The van der Waals surface area contributed by atoms with Gasteiger partial charge in [0.1, 0.15) is 17.5 Å². The van der Waals surface area contributed by atoms with E-state index in [1.54, 1.807) is 13.1 Å². The number of fused-ring (bicyclic) bond motifs is 1. The molecule has 1 aliphatic heterocycles. The summed E-state index contributed by atoms with van der Waals surface area (Å²) in [6, 6.07) is 14.5. The first-order chi connectivity index (χ1) is 17.6. The quantitative estimate of drug-likeness (QED) is 0.532. The third-order valence-electron chi connectivity index (χ3n) is 6.45. The summed E-state index contributed by atoms with van der Waals surface area (Å²) in [5.74, 6) is -4.30. The first-order valence-corrected chi connectivity index (χ1v) is 11.8. The van der Waals surface area contributed by atoms with E-state index in [9.17, 15) is 27.6 Å². The predicted octanol–water partition coefficient (Wildman–Crippen LogP) is 3.64. The van der Waals surface area contributed by atoms with Crippen molar-refractivity contribution in [2.75, 3.05) is 11.9 Å². The van der Waals surface area contributed by atoms with Crippen molar-refractivity contribution in [1.82, 2.24) is 10.6 Å². The van der Waals surface area contributed by atoms with Crippen LogP contribution >= 0.6 is 0 Å². The number of carbonyl (C=O) groups excluding carboxylic acids is 3. The molecule has 0 aliphatic carbocycles. The van der Waals surface area contributed by atoms with Crippen molar-refractivity contribution in [2.24, 2.45) is 0 Å². The van der Waals surface area contributed by atoms with Gasteiger partial charge in [-0.25, -0.2) is 13.2 Å². The van der Waals surface area contributed by atoms with Crippen LogP contribution in [0.15, 0.2) is 66.7 Å². The zero-order valence-corrected chi connectivity index (χ0v) is 20.3. The Morgan fingerprint density at radius 1 is 0.973 bits per heavy atom. The third-order valence-corrected chi connectivity index (χ3v) is 6.45. The lowest BCUT2D eigenvalue weighted by Crippen LogP contribution is -2.55. The number of halogens is 3. The number of benzene rings is 3. The molecule has 0 spiro atoms. The highest BCUT2D eigenvalue weighted by molar-refractivity contribution is 6.01. The van der Waals surface area contributed by atoms with E-state index < -0.39 is 47.8 Å². The number of amides is 3. The average Bonchev–Trinajstić information content (AvgIpc) is 2.94. The summed E-state index contributed by atoms with van der Waals surface area (Å²) in [7, 11) is 1.55. The molecule has 0 saturated heterocycles. The van der Waals surface area contributed by atoms with Gasteiger partial charge < -0.3 is 4.90 Å². The fourth-order valence-corrected chi connectivity index (χ4v) is 4.61. The smallest absolute Gasteiger partial charge is 0.244 e. The van der Waals surface area contributed by atoms with Gasteiger partial charge in [-0.1, -0.05) is 36.4 Å². The average molecular weight is 510 g/mol. The molecule has 1 heterocycles. The van der Waals surface area contributed by atoms with Gasteiger partial charge in [-0.3, -0.25) is 25.0 Å². The second-order valence-electron chi connectivity index (χ2n) is 9.12. The third kappa shape index (κ3) is 6.06. The molecule has 3 aromatic carbocycles. The molecular formula is C28H26F3N3O3. The highest BCUT2D eigenvalue weighted by atomic mass is 19.1. The van der Waals surface area contributed by atoms with E-state index in [-0.39, 0.29) is 17.4 Å². The van der Waals surface area contributed by atoms with Gasteiger partial charge in [0.15, 0.2) is 0 Å². The molecule has 4 rings (SSSR count). The maximum atomic E-state index is 14.0. The van der Waals surface area contributed by atoms with Crippen LogP contribution in [0.3, 0.4) is 0 Å². The van der Waals surface area contributed by atoms with E-state index in [4.69, 9.17) is 0 Å². The number of anilines is 1. The first kappa shape index (κ1) is 26.1. The summed E-state index contributed by atoms with van der Waals surface area (Å²) in [5, 5.41) is 5.27. The molecule has 9 heteroatoms. The van der Waals surface area contributed by atoms with Gasteiger partial charge in [0.2, 0.25) is 17.7 Å². The summed E-state index contributed by atoms with van der Waals surface area (Å²) in [6.07, 6.45) is 0.0114. The molecule has 37 heavy (non-hydrogen) atoms. The first-order valence-electron chi connectivity index (χ1n) is 11.8. The van der Waals surface area contributed by atoms with Crippen molar-refractivity contribution in [1.29, 1.82) is 0 Å². The highest BCUT2D eigenvalue weighted by Gasteiger charge is 2.38. The van der Waals surface area contributed by atoms with Crippen LogP contribution in [0, 0.1) is 17.5 Å². The molecule has 3 atom stereocenters. The minimum atomic E-state index is -0.972. The fourth-order valence-electron chi connectivity index (χ4n) is 4.61. The zero-order valence-electron chi connectivity index (χ0n) is 20.3.